The molecule has 6 N–H and O–H groups in total. The molecule has 1 rings (SSSR count). The Morgan fingerprint density at radius 2 is 0.878 bits per heavy atom. The normalized spacial score (nSPS) is 19.6. The first-order chi connectivity index (χ1) is 40.2. The number of unbranched alkanes of at least 4 members (excludes halogenated alkanes) is 17. The molecule has 1 aliphatic rings. The predicted molar refractivity (Wildman–Crippen MR) is 342 cm³/mol. The molecule has 0 saturated carbocycles. The fourth-order valence-corrected chi connectivity index (χ4v) is 8.99. The fourth-order valence-electron chi connectivity index (χ4n) is 8.99. The molecule has 0 spiro atoms. The molecular formula is C71H115NO10. The molecule has 0 aromatic carbocycles. The van der Waals surface area contributed by atoms with Crippen molar-refractivity contribution in [3.63, 3.8) is 0 Å². The summed E-state index contributed by atoms with van der Waals surface area (Å²) in [6, 6.07) is -1.08. The van der Waals surface area contributed by atoms with Gasteiger partial charge >= 0.3 is 5.97 Å². The summed E-state index contributed by atoms with van der Waals surface area (Å²) in [6.45, 7) is 5.49. The number of amides is 1. The predicted octanol–water partition coefficient (Wildman–Crippen LogP) is 15.8. The number of aliphatic hydroxyl groups excluding tert-OH is 5. The second kappa shape index (κ2) is 57.0. The van der Waals surface area contributed by atoms with Crippen LogP contribution in [0.4, 0.5) is 0 Å². The molecule has 82 heavy (non-hydrogen) atoms. The monoisotopic (exact) mass is 1140 g/mol. The topological polar surface area (TPSA) is 175 Å². The lowest BCUT2D eigenvalue weighted by Crippen LogP contribution is -2.61. The largest absolute Gasteiger partial charge is 0.454 e. The number of rotatable bonds is 52. The molecule has 8 atom stereocenters. The van der Waals surface area contributed by atoms with E-state index in [0.717, 1.165) is 135 Å². The van der Waals surface area contributed by atoms with Crippen LogP contribution >= 0.6 is 0 Å². The molecular weight excluding hydrogens is 1030 g/mol. The zero-order valence-electron chi connectivity index (χ0n) is 51.3. The number of ether oxygens (including phenoxy) is 3. The van der Waals surface area contributed by atoms with Crippen molar-refractivity contribution in [3.05, 3.63) is 146 Å². The third kappa shape index (κ3) is 44.1. The smallest absolute Gasteiger partial charge is 0.306 e. The van der Waals surface area contributed by atoms with E-state index in [2.05, 4.69) is 142 Å². The van der Waals surface area contributed by atoms with E-state index >= 15 is 0 Å². The summed E-state index contributed by atoms with van der Waals surface area (Å²) in [5.41, 5.74) is 0. The van der Waals surface area contributed by atoms with Gasteiger partial charge in [-0.2, -0.15) is 0 Å². The highest BCUT2D eigenvalue weighted by Crippen LogP contribution is 2.26. The van der Waals surface area contributed by atoms with Crippen LogP contribution in [0.25, 0.3) is 0 Å². The van der Waals surface area contributed by atoms with Crippen molar-refractivity contribution in [2.75, 3.05) is 13.2 Å². The van der Waals surface area contributed by atoms with Crippen LogP contribution in [0.1, 0.15) is 226 Å². The molecule has 1 fully saturated rings. The zero-order valence-corrected chi connectivity index (χ0v) is 51.3. The molecule has 1 heterocycles. The van der Waals surface area contributed by atoms with E-state index < -0.39 is 67.4 Å². The minimum atomic E-state index is -1.64. The van der Waals surface area contributed by atoms with Crippen molar-refractivity contribution in [3.8, 4) is 0 Å². The van der Waals surface area contributed by atoms with E-state index in [4.69, 9.17) is 14.2 Å². The van der Waals surface area contributed by atoms with E-state index in [1.54, 1.807) is 12.2 Å². The van der Waals surface area contributed by atoms with Gasteiger partial charge in [0.15, 0.2) is 12.4 Å². The van der Waals surface area contributed by atoms with Crippen molar-refractivity contribution < 1.29 is 49.3 Å². The molecule has 11 heteroatoms. The maximum Gasteiger partial charge on any atom is 0.306 e. The lowest BCUT2D eigenvalue weighted by atomic mass is 9.99. The number of carbonyl (C=O) groups excluding carboxylic acids is 2. The summed E-state index contributed by atoms with van der Waals surface area (Å²) in [5.74, 6) is -1.31. The van der Waals surface area contributed by atoms with E-state index in [9.17, 15) is 35.1 Å². The van der Waals surface area contributed by atoms with E-state index in [1.807, 2.05) is 18.2 Å². The van der Waals surface area contributed by atoms with Gasteiger partial charge in [-0.15, -0.1) is 0 Å². The number of hydrogen-bond donors (Lipinski definition) is 6. The Labute approximate surface area is 498 Å². The number of carbonyl (C=O) groups is 2. The van der Waals surface area contributed by atoms with Gasteiger partial charge in [0, 0.05) is 12.8 Å². The van der Waals surface area contributed by atoms with Gasteiger partial charge in [-0.1, -0.05) is 256 Å². The van der Waals surface area contributed by atoms with Crippen molar-refractivity contribution in [1.29, 1.82) is 0 Å². The van der Waals surface area contributed by atoms with Crippen LogP contribution in [0.5, 0.6) is 0 Å². The maximum atomic E-state index is 13.4. The number of hydrogen-bond acceptors (Lipinski definition) is 10. The SMILES string of the molecule is CC/C=C\C/C=C\C/C=C\C/C=C\C/C=C\C/C=C\CC(O)C(=O)NC(COC1OC(CO)C(O)C(O)C1OC(=O)CCCCCCCCC/C=C\C/C=C\C/C=C\C/C=C\C/C=C\CC)C(O)/C=C/CCCCCCCCCCCC. The lowest BCUT2D eigenvalue weighted by Gasteiger charge is -2.41. The Balaban J connectivity index is 2.71. The van der Waals surface area contributed by atoms with Gasteiger partial charge < -0.3 is 45.1 Å². The summed E-state index contributed by atoms with van der Waals surface area (Å²) in [7, 11) is 0. The molecule has 0 bridgehead atoms. The highest BCUT2D eigenvalue weighted by Gasteiger charge is 2.47. The first-order valence-electron chi connectivity index (χ1n) is 32.1. The van der Waals surface area contributed by atoms with Gasteiger partial charge in [0.05, 0.1) is 25.4 Å². The van der Waals surface area contributed by atoms with Gasteiger partial charge in [0.25, 0.3) is 0 Å². The number of nitrogens with one attached hydrogen (secondary N) is 1. The van der Waals surface area contributed by atoms with Crippen LogP contribution in [-0.4, -0.2) is 99.6 Å². The van der Waals surface area contributed by atoms with Gasteiger partial charge in [-0.05, 0) is 103 Å². The Bertz CT molecular complexity index is 1890. The number of allylic oxidation sites excluding steroid dienone is 22. The molecule has 0 radical (unpaired) electrons. The van der Waals surface area contributed by atoms with Gasteiger partial charge in [0.2, 0.25) is 5.91 Å². The first kappa shape index (κ1) is 75.6. The average molecular weight is 1140 g/mol. The van der Waals surface area contributed by atoms with Crippen LogP contribution in [0.3, 0.4) is 0 Å². The Morgan fingerprint density at radius 1 is 0.488 bits per heavy atom. The molecule has 1 aliphatic heterocycles. The fraction of sp³-hybridized carbons (Fsp3) is 0.634. The summed E-state index contributed by atoms with van der Waals surface area (Å²) in [4.78, 5) is 26.6. The second-order valence-corrected chi connectivity index (χ2v) is 21.4. The minimum absolute atomic E-state index is 0.0489. The van der Waals surface area contributed by atoms with Crippen LogP contribution in [0.2, 0.25) is 0 Å². The molecule has 0 aromatic rings. The van der Waals surface area contributed by atoms with Gasteiger partial charge in [-0.3, -0.25) is 9.59 Å². The van der Waals surface area contributed by atoms with Crippen molar-refractivity contribution in [2.24, 2.45) is 0 Å². The molecule has 1 saturated heterocycles. The molecule has 8 unspecified atom stereocenters. The first-order valence-corrected chi connectivity index (χ1v) is 32.1. The third-order valence-electron chi connectivity index (χ3n) is 14.0. The quantitative estimate of drug-likeness (QED) is 0.0195. The summed E-state index contributed by atoms with van der Waals surface area (Å²) in [5, 5.41) is 56.9. The van der Waals surface area contributed by atoms with Crippen LogP contribution in [0, 0.1) is 0 Å². The maximum absolute atomic E-state index is 13.4. The Kier molecular flexibility index (Phi) is 52.5. The minimum Gasteiger partial charge on any atom is -0.454 e. The van der Waals surface area contributed by atoms with Crippen LogP contribution in [-0.2, 0) is 23.8 Å². The number of esters is 1. The lowest BCUT2D eigenvalue weighted by molar-refractivity contribution is -0.305. The van der Waals surface area contributed by atoms with E-state index in [0.29, 0.717) is 12.8 Å². The Hall–Kier alpha value is -4.46. The highest BCUT2D eigenvalue weighted by molar-refractivity contribution is 5.81. The van der Waals surface area contributed by atoms with Gasteiger partial charge in [0.1, 0.15) is 24.4 Å². The molecule has 1 amide bonds. The van der Waals surface area contributed by atoms with Crippen molar-refractivity contribution in [1.82, 2.24) is 5.32 Å². The molecule has 0 aliphatic carbocycles. The summed E-state index contributed by atoms with van der Waals surface area (Å²) >= 11 is 0. The zero-order chi connectivity index (χ0) is 59.6. The molecule has 11 nitrogen and oxygen atoms in total. The third-order valence-corrected chi connectivity index (χ3v) is 14.0. The Morgan fingerprint density at radius 3 is 1.32 bits per heavy atom. The standard InChI is InChI=1S/C71H115NO10/c1-4-7-10-13-16-19-22-25-27-29-31-32-33-34-35-37-39-41-44-47-50-53-56-59-66(76)82-69-68(78)67(77)65(60-73)81-71(69)80-61-62(63(74)57-54-51-48-45-42-24-21-18-15-12-9-6-3)72-70(79)64(75)58-55-52-49-46-43-40-38-36-30-28-26-23-20-17-14-11-8-5-2/h7-8,10-11,16-17,19-20,25-28,31-32,34-36,38,43,46,52,54-55,57,62-65,67-69,71,73-75,77-78H,4-6,9,12-15,18,21-24,29-30,33,37,39-42,44-45,47-51,53,56,58-61H2,1-3H3,(H,72,79)/b10-7-,11-8-,19-16-,20-17-,27-25-,28-26-,32-31-,35-34-,38-36-,46-43-,55-52-,57-54+. The van der Waals surface area contributed by atoms with E-state index in [-0.39, 0.29) is 19.4 Å². The molecule has 0 aromatic heterocycles. The summed E-state index contributed by atoms with van der Waals surface area (Å²) < 4.78 is 17.6. The average Bonchev–Trinajstić information content (AvgIpc) is 3.68. The highest BCUT2D eigenvalue weighted by atomic mass is 16.7. The number of aliphatic hydroxyl groups is 5. The van der Waals surface area contributed by atoms with Gasteiger partial charge in [-0.25, -0.2) is 0 Å². The van der Waals surface area contributed by atoms with Crippen molar-refractivity contribution in [2.45, 2.75) is 275 Å². The van der Waals surface area contributed by atoms with E-state index in [1.165, 1.54) is 44.9 Å². The van der Waals surface area contributed by atoms with Crippen molar-refractivity contribution >= 4 is 11.9 Å². The van der Waals surface area contributed by atoms with Crippen LogP contribution in [0.15, 0.2) is 146 Å². The van der Waals surface area contributed by atoms with Crippen LogP contribution < -0.4 is 5.32 Å². The second-order valence-electron chi connectivity index (χ2n) is 21.4. The molecule has 464 valence electrons. The summed E-state index contributed by atoms with van der Waals surface area (Å²) in [6.07, 6.45) is 71.8.